The molecule has 0 saturated heterocycles. The highest BCUT2D eigenvalue weighted by Crippen LogP contribution is 2.32. The Morgan fingerprint density at radius 1 is 1.04 bits per heavy atom. The number of halogens is 3. The normalized spacial score (nSPS) is 11.4. The molecule has 0 aliphatic carbocycles. The predicted octanol–water partition coefficient (Wildman–Crippen LogP) is 5.59. The van der Waals surface area contributed by atoms with E-state index >= 15 is 0 Å². The highest BCUT2D eigenvalue weighted by Gasteiger charge is 2.32. The number of unbranched alkanes of at least 4 members (excludes halogenated alkanes) is 7. The summed E-state index contributed by atoms with van der Waals surface area (Å²) in [4.78, 5) is 11.8. The summed E-state index contributed by atoms with van der Waals surface area (Å²) in [5.41, 5.74) is -0.100. The molecule has 0 atom stereocenters. The molecule has 0 amide bonds. The second-order valence-electron chi connectivity index (χ2n) is 5.84. The summed E-state index contributed by atoms with van der Waals surface area (Å²) in [7, 11) is 0. The zero-order valence-corrected chi connectivity index (χ0v) is 14.4. The maximum Gasteiger partial charge on any atom is 0.573 e. The topological polar surface area (TPSA) is 55.8 Å². The van der Waals surface area contributed by atoms with Crippen molar-refractivity contribution >= 4 is 5.97 Å². The lowest BCUT2D eigenvalue weighted by Crippen LogP contribution is -2.17. The highest BCUT2D eigenvalue weighted by atomic mass is 19.4. The van der Waals surface area contributed by atoms with E-state index in [1.807, 2.05) is 0 Å². The van der Waals surface area contributed by atoms with E-state index < -0.39 is 23.8 Å². The molecule has 0 aliphatic rings. The largest absolute Gasteiger partial charge is 0.573 e. The van der Waals surface area contributed by atoms with Gasteiger partial charge in [-0.3, -0.25) is 0 Å². The van der Waals surface area contributed by atoms with Crippen LogP contribution < -0.4 is 4.74 Å². The lowest BCUT2D eigenvalue weighted by molar-refractivity contribution is -0.275. The Kier molecular flexibility index (Phi) is 9.16. The Morgan fingerprint density at radius 3 is 2.24 bits per heavy atom. The number of benzene rings is 1. The van der Waals surface area contributed by atoms with Crippen LogP contribution in [0.5, 0.6) is 11.5 Å². The van der Waals surface area contributed by atoms with Crippen LogP contribution in [0.4, 0.5) is 13.2 Å². The lowest BCUT2D eigenvalue weighted by atomic mass is 10.1. The van der Waals surface area contributed by atoms with E-state index in [2.05, 4.69) is 11.7 Å². The van der Waals surface area contributed by atoms with E-state index in [1.165, 1.54) is 31.7 Å². The van der Waals surface area contributed by atoms with E-state index in [4.69, 9.17) is 4.74 Å². The first kappa shape index (κ1) is 21.1. The number of phenolic OH excluding ortho intramolecular Hbond substituents is 1. The second-order valence-corrected chi connectivity index (χ2v) is 5.84. The summed E-state index contributed by atoms with van der Waals surface area (Å²) in [6.07, 6.45) is 3.86. The first-order chi connectivity index (χ1) is 11.8. The van der Waals surface area contributed by atoms with Crippen molar-refractivity contribution in [1.29, 1.82) is 0 Å². The summed E-state index contributed by atoms with van der Waals surface area (Å²) in [6, 6.07) is 2.97. The molecule has 142 valence electrons. The van der Waals surface area contributed by atoms with Crippen LogP contribution in [0, 0.1) is 0 Å². The summed E-state index contributed by atoms with van der Waals surface area (Å²) in [5.74, 6) is -2.26. The molecule has 0 radical (unpaired) electrons. The Hall–Kier alpha value is -1.92. The van der Waals surface area contributed by atoms with Crippen LogP contribution in [-0.2, 0) is 4.74 Å². The minimum absolute atomic E-state index is 0.100. The van der Waals surface area contributed by atoms with Crippen molar-refractivity contribution in [2.75, 3.05) is 6.61 Å². The second kappa shape index (κ2) is 10.8. The van der Waals surface area contributed by atoms with Gasteiger partial charge in [0.1, 0.15) is 0 Å². The Morgan fingerprint density at radius 2 is 1.64 bits per heavy atom. The van der Waals surface area contributed by atoms with Gasteiger partial charge in [-0.1, -0.05) is 51.9 Å². The highest BCUT2D eigenvalue weighted by molar-refractivity contribution is 5.90. The van der Waals surface area contributed by atoms with Gasteiger partial charge in [0.15, 0.2) is 11.5 Å². The van der Waals surface area contributed by atoms with Crippen LogP contribution in [-0.4, -0.2) is 24.0 Å². The maximum absolute atomic E-state index is 12.2. The fourth-order valence-corrected chi connectivity index (χ4v) is 2.33. The van der Waals surface area contributed by atoms with Crippen molar-refractivity contribution in [2.24, 2.45) is 0 Å². The first-order valence-electron chi connectivity index (χ1n) is 8.59. The third-order valence-corrected chi connectivity index (χ3v) is 3.65. The average molecular weight is 362 g/mol. The van der Waals surface area contributed by atoms with Crippen molar-refractivity contribution in [3.63, 3.8) is 0 Å². The molecule has 0 fully saturated rings. The van der Waals surface area contributed by atoms with Gasteiger partial charge < -0.3 is 14.6 Å². The van der Waals surface area contributed by atoms with Crippen LogP contribution in [0.25, 0.3) is 0 Å². The van der Waals surface area contributed by atoms with Gasteiger partial charge in [0.25, 0.3) is 0 Å². The Bertz CT molecular complexity index is 530. The average Bonchev–Trinajstić information content (AvgIpc) is 2.54. The minimum Gasteiger partial charge on any atom is -0.504 e. The van der Waals surface area contributed by atoms with Crippen LogP contribution in [0.1, 0.15) is 68.6 Å². The van der Waals surface area contributed by atoms with E-state index in [0.29, 0.717) is 6.42 Å². The van der Waals surface area contributed by atoms with Gasteiger partial charge >= 0.3 is 12.3 Å². The quantitative estimate of drug-likeness (QED) is 0.412. The first-order valence-corrected chi connectivity index (χ1v) is 8.59. The fourth-order valence-electron chi connectivity index (χ4n) is 2.33. The number of carbonyl (C=O) groups is 1. The SMILES string of the molecule is CCCCCCCCCCOC(=O)c1ccc(O)c(OC(F)(F)F)c1. The monoisotopic (exact) mass is 362 g/mol. The Labute approximate surface area is 145 Å². The molecular formula is C18H25F3O4. The van der Waals surface area contributed by atoms with Gasteiger partial charge in [-0.05, 0) is 24.6 Å². The number of aromatic hydroxyl groups is 1. The van der Waals surface area contributed by atoms with Gasteiger partial charge in [0, 0.05) is 0 Å². The molecule has 1 N–H and O–H groups in total. The summed E-state index contributed by atoms with van der Waals surface area (Å²) in [5, 5.41) is 9.35. The van der Waals surface area contributed by atoms with E-state index in [-0.39, 0.29) is 12.2 Å². The zero-order chi connectivity index (χ0) is 18.7. The number of hydrogen-bond acceptors (Lipinski definition) is 4. The van der Waals surface area contributed by atoms with Crippen molar-refractivity contribution < 1.29 is 32.5 Å². The van der Waals surface area contributed by atoms with Crippen molar-refractivity contribution in [2.45, 2.75) is 64.7 Å². The molecule has 0 saturated carbocycles. The summed E-state index contributed by atoms with van der Waals surface area (Å²) < 4.78 is 45.4. The molecule has 0 spiro atoms. The molecule has 7 heteroatoms. The Balaban J connectivity index is 2.32. The zero-order valence-electron chi connectivity index (χ0n) is 14.4. The van der Waals surface area contributed by atoms with Crippen molar-refractivity contribution in [1.82, 2.24) is 0 Å². The molecule has 1 aromatic carbocycles. The van der Waals surface area contributed by atoms with E-state index in [1.54, 1.807) is 0 Å². The molecule has 25 heavy (non-hydrogen) atoms. The van der Waals surface area contributed by atoms with Gasteiger partial charge in [0.05, 0.1) is 12.2 Å². The van der Waals surface area contributed by atoms with Crippen LogP contribution in [0.3, 0.4) is 0 Å². The van der Waals surface area contributed by atoms with Crippen LogP contribution >= 0.6 is 0 Å². The third-order valence-electron chi connectivity index (χ3n) is 3.65. The van der Waals surface area contributed by atoms with Gasteiger partial charge in [0.2, 0.25) is 0 Å². The van der Waals surface area contributed by atoms with Gasteiger partial charge in [-0.2, -0.15) is 0 Å². The number of hydrogen-bond donors (Lipinski definition) is 1. The molecule has 0 unspecified atom stereocenters. The maximum atomic E-state index is 12.2. The molecule has 0 aliphatic heterocycles. The standard InChI is InChI=1S/C18H25F3O4/c1-2-3-4-5-6-7-8-9-12-24-17(23)14-10-11-15(22)16(13-14)25-18(19,20)21/h10-11,13,22H,2-9,12H2,1H3. The molecule has 0 bridgehead atoms. The number of ether oxygens (including phenoxy) is 2. The molecule has 1 rings (SSSR count). The molecule has 4 nitrogen and oxygen atoms in total. The minimum atomic E-state index is -4.95. The summed E-state index contributed by atoms with van der Waals surface area (Å²) in [6.45, 7) is 2.38. The van der Waals surface area contributed by atoms with Gasteiger partial charge in [-0.15, -0.1) is 13.2 Å². The van der Waals surface area contributed by atoms with Gasteiger partial charge in [-0.25, -0.2) is 4.79 Å². The van der Waals surface area contributed by atoms with Crippen molar-refractivity contribution in [3.05, 3.63) is 23.8 Å². The van der Waals surface area contributed by atoms with Crippen molar-refractivity contribution in [3.8, 4) is 11.5 Å². The molecule has 0 heterocycles. The number of carbonyl (C=O) groups excluding carboxylic acids is 1. The van der Waals surface area contributed by atoms with E-state index in [0.717, 1.165) is 31.4 Å². The molecule has 0 aromatic heterocycles. The molecular weight excluding hydrogens is 337 g/mol. The third kappa shape index (κ3) is 9.22. The number of phenols is 1. The molecule has 1 aromatic rings. The number of alkyl halides is 3. The number of rotatable bonds is 11. The van der Waals surface area contributed by atoms with E-state index in [9.17, 15) is 23.1 Å². The fraction of sp³-hybridized carbons (Fsp3) is 0.611. The number of esters is 1. The van der Waals surface area contributed by atoms with Crippen LogP contribution in [0.15, 0.2) is 18.2 Å². The lowest BCUT2D eigenvalue weighted by Gasteiger charge is -2.11. The smallest absolute Gasteiger partial charge is 0.504 e. The predicted molar refractivity (Wildman–Crippen MR) is 87.7 cm³/mol. The van der Waals surface area contributed by atoms with Crippen LogP contribution in [0.2, 0.25) is 0 Å². The summed E-state index contributed by atoms with van der Waals surface area (Å²) >= 11 is 0.